The number of nitrogens with one attached hydrogen (secondary N) is 2. The van der Waals surface area contributed by atoms with E-state index in [1.54, 1.807) is 0 Å². The van der Waals surface area contributed by atoms with Crippen LogP contribution in [-0.4, -0.2) is 16.5 Å². The van der Waals surface area contributed by atoms with Crippen LogP contribution < -0.4 is 10.6 Å². The lowest BCUT2D eigenvalue weighted by Crippen LogP contribution is -2.26. The Bertz CT molecular complexity index is 581. The highest BCUT2D eigenvalue weighted by Crippen LogP contribution is 2.25. The minimum Gasteiger partial charge on any atom is -0.446 e. The van der Waals surface area contributed by atoms with Gasteiger partial charge in [0, 0.05) is 31.1 Å². The number of anilines is 2. The van der Waals surface area contributed by atoms with Crippen LogP contribution in [0, 0.1) is 6.92 Å². The largest absolute Gasteiger partial charge is 0.446 e. The van der Waals surface area contributed by atoms with E-state index in [0.717, 1.165) is 42.3 Å². The van der Waals surface area contributed by atoms with Crippen LogP contribution in [0.5, 0.6) is 0 Å². The third kappa shape index (κ3) is 2.26. The number of aryl methyl sites for hydroxylation is 1. The molecule has 6 heteroatoms. The minimum atomic E-state index is 0.605. The predicted molar refractivity (Wildman–Crippen MR) is 71.9 cm³/mol. The van der Waals surface area contributed by atoms with Crippen LogP contribution in [0.3, 0.4) is 0 Å². The molecule has 0 saturated carbocycles. The summed E-state index contributed by atoms with van der Waals surface area (Å²) in [6.45, 7) is 3.65. The summed E-state index contributed by atoms with van der Waals surface area (Å²) in [6.07, 6.45) is 0.919. The molecule has 5 nitrogen and oxygen atoms in total. The number of halogens is 1. The fraction of sp³-hybridized carbons (Fsp3) is 0.333. The molecule has 0 atom stereocenters. The first kappa shape index (κ1) is 11.7. The summed E-state index contributed by atoms with van der Waals surface area (Å²) < 4.78 is 6.12. The molecule has 0 fully saturated rings. The summed E-state index contributed by atoms with van der Waals surface area (Å²) >= 11 is 3.35. The second-order valence-corrected chi connectivity index (χ2v) is 4.94. The zero-order valence-corrected chi connectivity index (χ0v) is 11.5. The molecular weight excluding hydrogens is 296 g/mol. The number of fused-ring (bicyclic) bond motifs is 1. The predicted octanol–water partition coefficient (Wildman–Crippen LogP) is 2.53. The highest BCUT2D eigenvalue weighted by atomic mass is 79.9. The van der Waals surface area contributed by atoms with E-state index in [2.05, 4.69) is 36.5 Å². The normalized spacial score (nSPS) is 14.3. The molecule has 0 radical (unpaired) electrons. The van der Waals surface area contributed by atoms with Crippen molar-refractivity contribution < 1.29 is 4.42 Å². The number of furan rings is 1. The maximum Gasteiger partial charge on any atom is 0.198 e. The number of nitrogens with zero attached hydrogens (tertiary/aromatic N) is 2. The van der Waals surface area contributed by atoms with Gasteiger partial charge >= 0.3 is 0 Å². The van der Waals surface area contributed by atoms with Crippen molar-refractivity contribution in [2.45, 2.75) is 19.9 Å². The molecule has 0 aliphatic carbocycles. The van der Waals surface area contributed by atoms with Crippen molar-refractivity contribution in [3.05, 3.63) is 33.9 Å². The molecule has 0 aromatic carbocycles. The van der Waals surface area contributed by atoms with Gasteiger partial charge in [-0.2, -0.15) is 0 Å². The van der Waals surface area contributed by atoms with E-state index < -0.39 is 0 Å². The molecule has 2 aromatic heterocycles. The van der Waals surface area contributed by atoms with Gasteiger partial charge in [-0.05, 0) is 28.9 Å². The Morgan fingerprint density at radius 3 is 3.06 bits per heavy atom. The fourth-order valence-electron chi connectivity index (χ4n) is 2.03. The molecule has 0 unspecified atom stereocenters. The summed E-state index contributed by atoms with van der Waals surface area (Å²) in [5.74, 6) is 2.37. The summed E-state index contributed by atoms with van der Waals surface area (Å²) in [7, 11) is 0. The van der Waals surface area contributed by atoms with Crippen molar-refractivity contribution in [3.63, 3.8) is 0 Å². The third-order valence-corrected chi connectivity index (χ3v) is 3.24. The van der Waals surface area contributed by atoms with E-state index >= 15 is 0 Å². The molecule has 94 valence electrons. The second-order valence-electron chi connectivity index (χ2n) is 4.23. The Morgan fingerprint density at radius 1 is 1.39 bits per heavy atom. The van der Waals surface area contributed by atoms with Crippen LogP contribution >= 0.6 is 15.9 Å². The summed E-state index contributed by atoms with van der Waals surface area (Å²) in [4.78, 5) is 8.80. The first-order valence-corrected chi connectivity index (χ1v) is 6.61. The number of aromatic nitrogens is 2. The van der Waals surface area contributed by atoms with E-state index in [1.807, 2.05) is 19.1 Å². The van der Waals surface area contributed by atoms with Crippen LogP contribution in [0.2, 0.25) is 0 Å². The molecule has 2 N–H and O–H groups in total. The zero-order valence-electron chi connectivity index (χ0n) is 9.96. The Morgan fingerprint density at radius 2 is 2.28 bits per heavy atom. The third-order valence-electron chi connectivity index (χ3n) is 2.89. The van der Waals surface area contributed by atoms with E-state index in [1.165, 1.54) is 0 Å². The molecule has 2 aromatic rings. The maximum atomic E-state index is 5.51. The molecule has 3 rings (SSSR count). The Balaban J connectivity index is 1.98. The van der Waals surface area contributed by atoms with Gasteiger partial charge in [0.1, 0.15) is 11.6 Å². The standard InChI is InChI=1S/C12H13BrN4O/c1-7-2-3-10(18-7)16-11-8-6-14-5-4-9(8)15-12(13)17-11/h2-3,14H,4-6H2,1H3,(H,15,16,17). The molecule has 0 spiro atoms. The van der Waals surface area contributed by atoms with Gasteiger partial charge in [0.05, 0.1) is 5.69 Å². The van der Waals surface area contributed by atoms with Crippen LogP contribution in [0.25, 0.3) is 0 Å². The Hall–Kier alpha value is -1.40. The van der Waals surface area contributed by atoms with Gasteiger partial charge in [0.2, 0.25) is 0 Å². The van der Waals surface area contributed by atoms with Crippen LogP contribution in [0.1, 0.15) is 17.0 Å². The van der Waals surface area contributed by atoms with Crippen LogP contribution in [0.15, 0.2) is 21.3 Å². The number of hydrogen-bond donors (Lipinski definition) is 2. The molecule has 1 aliphatic heterocycles. The topological polar surface area (TPSA) is 63.0 Å². The van der Waals surface area contributed by atoms with Crippen molar-refractivity contribution in [3.8, 4) is 0 Å². The number of rotatable bonds is 2. The first-order valence-electron chi connectivity index (χ1n) is 5.82. The molecule has 18 heavy (non-hydrogen) atoms. The van der Waals surface area contributed by atoms with Crippen molar-refractivity contribution in [2.24, 2.45) is 0 Å². The average Bonchev–Trinajstić information content (AvgIpc) is 2.74. The fourth-order valence-corrected chi connectivity index (χ4v) is 2.43. The lowest BCUT2D eigenvalue weighted by Gasteiger charge is -2.19. The van der Waals surface area contributed by atoms with Gasteiger partial charge in [0.15, 0.2) is 10.6 Å². The zero-order chi connectivity index (χ0) is 12.5. The molecule has 1 aliphatic rings. The van der Waals surface area contributed by atoms with E-state index in [4.69, 9.17) is 4.42 Å². The van der Waals surface area contributed by atoms with Crippen LogP contribution in [0.4, 0.5) is 11.7 Å². The quantitative estimate of drug-likeness (QED) is 0.835. The van der Waals surface area contributed by atoms with Crippen molar-refractivity contribution in [1.29, 1.82) is 0 Å². The van der Waals surface area contributed by atoms with Gasteiger partial charge in [-0.25, -0.2) is 9.97 Å². The molecule has 3 heterocycles. The Labute approximate surface area is 113 Å². The van der Waals surface area contributed by atoms with Crippen molar-refractivity contribution >= 4 is 27.6 Å². The smallest absolute Gasteiger partial charge is 0.198 e. The molecular formula is C12H13BrN4O. The summed E-state index contributed by atoms with van der Waals surface area (Å²) in [5.41, 5.74) is 2.19. The monoisotopic (exact) mass is 308 g/mol. The van der Waals surface area contributed by atoms with Gasteiger partial charge < -0.3 is 15.1 Å². The van der Waals surface area contributed by atoms with Crippen molar-refractivity contribution in [1.82, 2.24) is 15.3 Å². The molecule has 0 amide bonds. The Kier molecular flexibility index (Phi) is 3.05. The number of hydrogen-bond acceptors (Lipinski definition) is 5. The average molecular weight is 309 g/mol. The molecule has 0 bridgehead atoms. The van der Waals surface area contributed by atoms with E-state index in [9.17, 15) is 0 Å². The lowest BCUT2D eigenvalue weighted by molar-refractivity contribution is 0.550. The van der Waals surface area contributed by atoms with Gasteiger partial charge in [0.25, 0.3) is 0 Å². The van der Waals surface area contributed by atoms with E-state index in [-0.39, 0.29) is 0 Å². The maximum absolute atomic E-state index is 5.51. The van der Waals surface area contributed by atoms with Gasteiger partial charge in [-0.15, -0.1) is 0 Å². The van der Waals surface area contributed by atoms with Gasteiger partial charge in [-0.3, -0.25) is 0 Å². The van der Waals surface area contributed by atoms with Crippen molar-refractivity contribution in [2.75, 3.05) is 11.9 Å². The lowest BCUT2D eigenvalue weighted by atomic mass is 10.1. The second kappa shape index (κ2) is 4.70. The SMILES string of the molecule is Cc1ccc(Nc2nc(Br)nc3c2CNCC3)o1. The summed E-state index contributed by atoms with van der Waals surface area (Å²) in [6, 6.07) is 3.82. The summed E-state index contributed by atoms with van der Waals surface area (Å²) in [5, 5.41) is 6.53. The highest BCUT2D eigenvalue weighted by Gasteiger charge is 2.17. The van der Waals surface area contributed by atoms with Crippen LogP contribution in [-0.2, 0) is 13.0 Å². The molecule has 0 saturated heterocycles. The van der Waals surface area contributed by atoms with E-state index in [0.29, 0.717) is 10.6 Å². The highest BCUT2D eigenvalue weighted by molar-refractivity contribution is 9.10. The first-order chi connectivity index (χ1) is 8.72. The minimum absolute atomic E-state index is 0.605. The van der Waals surface area contributed by atoms with Gasteiger partial charge in [-0.1, -0.05) is 0 Å².